The van der Waals surface area contributed by atoms with Gasteiger partial charge < -0.3 is 4.57 Å². The minimum absolute atomic E-state index is 0.605. The molecular formula is C50H31N5S. The van der Waals surface area contributed by atoms with Gasteiger partial charge in [0.2, 0.25) is 0 Å². The second kappa shape index (κ2) is 13.2. The average molecular weight is 734 g/mol. The molecule has 0 atom stereocenters. The van der Waals surface area contributed by atoms with Crippen molar-refractivity contribution in [3.8, 4) is 62.1 Å². The quantitative estimate of drug-likeness (QED) is 0.171. The summed E-state index contributed by atoms with van der Waals surface area (Å²) >= 11 is 1.73. The number of rotatable bonds is 6. The Morgan fingerprint density at radius 3 is 1.73 bits per heavy atom. The number of nitrogens with zero attached hydrogens (tertiary/aromatic N) is 5. The summed E-state index contributed by atoms with van der Waals surface area (Å²) < 4.78 is 3.58. The number of pyridine rings is 1. The average Bonchev–Trinajstić information content (AvgIpc) is 3.83. The Morgan fingerprint density at radius 2 is 0.964 bits per heavy atom. The molecule has 0 bridgehead atoms. The second-order valence-electron chi connectivity index (χ2n) is 13.9. The van der Waals surface area contributed by atoms with Crippen LogP contribution in [0.25, 0.3) is 104 Å². The van der Waals surface area contributed by atoms with Gasteiger partial charge in [-0.15, -0.1) is 11.3 Å². The Labute approximate surface area is 326 Å². The molecule has 4 aromatic heterocycles. The maximum absolute atomic E-state index is 5.32. The largest absolute Gasteiger partial charge is 0.308 e. The molecule has 11 aromatic rings. The summed E-state index contributed by atoms with van der Waals surface area (Å²) in [5, 5.41) is 4.78. The van der Waals surface area contributed by atoms with Crippen molar-refractivity contribution in [1.29, 1.82) is 0 Å². The van der Waals surface area contributed by atoms with Gasteiger partial charge >= 0.3 is 0 Å². The molecule has 0 N–H and O–H groups in total. The van der Waals surface area contributed by atoms with Crippen LogP contribution >= 0.6 is 11.3 Å². The molecule has 262 valence electrons. The molecule has 0 aliphatic rings. The summed E-state index contributed by atoms with van der Waals surface area (Å²) in [7, 11) is 0. The van der Waals surface area contributed by atoms with E-state index in [0.717, 1.165) is 60.5 Å². The molecule has 0 unspecified atom stereocenters. The summed E-state index contributed by atoms with van der Waals surface area (Å²) in [6, 6.07) is 63.8. The van der Waals surface area contributed by atoms with E-state index >= 15 is 0 Å². The van der Waals surface area contributed by atoms with E-state index in [2.05, 4.69) is 167 Å². The van der Waals surface area contributed by atoms with Gasteiger partial charge in [-0.2, -0.15) is 0 Å². The summed E-state index contributed by atoms with van der Waals surface area (Å²) in [5.74, 6) is 1.84. The standard InChI is InChI=1S/C50H31N5S/c1-3-14-32(15-4-1)34-27-28-42(45(31-34)55-43-25-9-7-20-38(43)39-21-8-10-26-44(39)55)49-53-47(33-16-5-2-6-17-33)52-48(54-49)36-19-11-18-35(30-36)37-22-12-23-40-41-24-13-29-51-50(41)56-46(37)40/h1-31H. The first-order chi connectivity index (χ1) is 27.8. The maximum Gasteiger partial charge on any atom is 0.166 e. The Kier molecular flexibility index (Phi) is 7.60. The second-order valence-corrected chi connectivity index (χ2v) is 14.9. The normalized spacial score (nSPS) is 11.6. The van der Waals surface area contributed by atoms with Crippen LogP contribution in [0.5, 0.6) is 0 Å². The molecule has 11 rings (SSSR count). The molecule has 4 heterocycles. The third kappa shape index (κ3) is 5.38. The fourth-order valence-corrected chi connectivity index (χ4v) is 9.10. The third-order valence-corrected chi connectivity index (χ3v) is 11.7. The van der Waals surface area contributed by atoms with Crippen LogP contribution in [0, 0.1) is 0 Å². The molecule has 0 saturated carbocycles. The molecule has 56 heavy (non-hydrogen) atoms. The first-order valence-corrected chi connectivity index (χ1v) is 19.5. The van der Waals surface area contributed by atoms with E-state index in [-0.39, 0.29) is 0 Å². The van der Waals surface area contributed by atoms with Crippen molar-refractivity contribution < 1.29 is 0 Å². The lowest BCUT2D eigenvalue weighted by Gasteiger charge is -2.16. The van der Waals surface area contributed by atoms with Crippen LogP contribution in [-0.2, 0) is 0 Å². The summed E-state index contributed by atoms with van der Waals surface area (Å²) in [5.41, 5.74) is 10.5. The number of fused-ring (bicyclic) bond motifs is 6. The van der Waals surface area contributed by atoms with Gasteiger partial charge in [-0.1, -0.05) is 140 Å². The molecule has 0 saturated heterocycles. The molecule has 7 aromatic carbocycles. The van der Waals surface area contributed by atoms with Gasteiger partial charge in [0.05, 0.1) is 16.7 Å². The highest BCUT2D eigenvalue weighted by molar-refractivity contribution is 7.26. The van der Waals surface area contributed by atoms with Crippen molar-refractivity contribution in [2.45, 2.75) is 0 Å². The van der Waals surface area contributed by atoms with Crippen molar-refractivity contribution in [2.24, 2.45) is 0 Å². The summed E-state index contributed by atoms with van der Waals surface area (Å²) in [4.78, 5) is 21.4. The van der Waals surface area contributed by atoms with Crippen LogP contribution in [0.2, 0.25) is 0 Å². The molecule has 0 spiro atoms. The molecule has 0 radical (unpaired) electrons. The van der Waals surface area contributed by atoms with E-state index in [1.54, 1.807) is 11.3 Å². The van der Waals surface area contributed by atoms with Crippen LogP contribution in [-0.4, -0.2) is 24.5 Å². The molecule has 5 nitrogen and oxygen atoms in total. The molecule has 0 amide bonds. The number of hydrogen-bond acceptors (Lipinski definition) is 5. The highest BCUT2D eigenvalue weighted by Crippen LogP contribution is 2.41. The predicted molar refractivity (Wildman–Crippen MR) is 232 cm³/mol. The molecule has 6 heteroatoms. The van der Waals surface area contributed by atoms with E-state index in [1.165, 1.54) is 26.2 Å². The van der Waals surface area contributed by atoms with E-state index in [4.69, 9.17) is 15.0 Å². The molecule has 0 aliphatic heterocycles. The molecular weight excluding hydrogens is 703 g/mol. The monoisotopic (exact) mass is 733 g/mol. The van der Waals surface area contributed by atoms with Crippen LogP contribution in [0.4, 0.5) is 0 Å². The number of para-hydroxylation sites is 2. The predicted octanol–water partition coefficient (Wildman–Crippen LogP) is 13.1. The zero-order valence-corrected chi connectivity index (χ0v) is 30.9. The highest BCUT2D eigenvalue weighted by Gasteiger charge is 2.21. The van der Waals surface area contributed by atoms with Crippen molar-refractivity contribution in [3.63, 3.8) is 0 Å². The topological polar surface area (TPSA) is 56.5 Å². The summed E-state index contributed by atoms with van der Waals surface area (Å²) in [6.45, 7) is 0. The van der Waals surface area contributed by atoms with Gasteiger partial charge in [0.25, 0.3) is 0 Å². The first kappa shape index (κ1) is 32.2. The van der Waals surface area contributed by atoms with Gasteiger partial charge in [0.1, 0.15) is 4.83 Å². The van der Waals surface area contributed by atoms with Gasteiger partial charge in [-0.3, -0.25) is 0 Å². The first-order valence-electron chi connectivity index (χ1n) is 18.6. The Hall–Kier alpha value is -7.28. The van der Waals surface area contributed by atoms with Gasteiger partial charge in [-0.05, 0) is 64.7 Å². The third-order valence-electron chi connectivity index (χ3n) is 10.5. The van der Waals surface area contributed by atoms with E-state index in [1.807, 2.05) is 30.5 Å². The van der Waals surface area contributed by atoms with Gasteiger partial charge in [0.15, 0.2) is 17.5 Å². The van der Waals surface area contributed by atoms with E-state index in [9.17, 15) is 0 Å². The summed E-state index contributed by atoms with van der Waals surface area (Å²) in [6.07, 6.45) is 1.86. The van der Waals surface area contributed by atoms with Gasteiger partial charge in [0, 0.05) is 49.1 Å². The Balaban J connectivity index is 1.15. The number of thiophene rings is 1. The number of hydrogen-bond donors (Lipinski definition) is 0. The van der Waals surface area contributed by atoms with E-state index in [0.29, 0.717) is 17.5 Å². The fraction of sp³-hybridized carbons (Fsp3) is 0. The van der Waals surface area contributed by atoms with Crippen LogP contribution in [0.3, 0.4) is 0 Å². The minimum Gasteiger partial charge on any atom is -0.308 e. The highest BCUT2D eigenvalue weighted by atomic mass is 32.1. The Morgan fingerprint density at radius 1 is 0.375 bits per heavy atom. The van der Waals surface area contributed by atoms with Crippen molar-refractivity contribution in [2.75, 3.05) is 0 Å². The Bertz CT molecular complexity index is 3200. The lowest BCUT2D eigenvalue weighted by molar-refractivity contribution is 1.06. The molecule has 0 fully saturated rings. The van der Waals surface area contributed by atoms with Crippen LogP contribution in [0.1, 0.15) is 0 Å². The van der Waals surface area contributed by atoms with Crippen LogP contribution < -0.4 is 0 Å². The fourth-order valence-electron chi connectivity index (χ4n) is 7.93. The van der Waals surface area contributed by atoms with Gasteiger partial charge in [-0.25, -0.2) is 19.9 Å². The van der Waals surface area contributed by atoms with Crippen molar-refractivity contribution in [3.05, 3.63) is 188 Å². The number of benzene rings is 7. The lowest BCUT2D eigenvalue weighted by Crippen LogP contribution is -2.04. The van der Waals surface area contributed by atoms with Crippen molar-refractivity contribution >= 4 is 53.4 Å². The number of aromatic nitrogens is 5. The lowest BCUT2D eigenvalue weighted by atomic mass is 10.0. The molecule has 0 aliphatic carbocycles. The smallest absolute Gasteiger partial charge is 0.166 e. The van der Waals surface area contributed by atoms with E-state index < -0.39 is 0 Å². The maximum atomic E-state index is 5.32. The van der Waals surface area contributed by atoms with Crippen molar-refractivity contribution in [1.82, 2.24) is 24.5 Å². The minimum atomic E-state index is 0.605. The van der Waals surface area contributed by atoms with Crippen LogP contribution in [0.15, 0.2) is 188 Å². The zero-order chi connectivity index (χ0) is 37.0. The zero-order valence-electron chi connectivity index (χ0n) is 30.0. The SMILES string of the molecule is c1ccc(-c2ccc(-c3nc(-c4ccccc4)nc(-c4cccc(-c5cccc6c5sc5ncccc56)c4)n3)c(-n3c4ccccc4c4ccccc43)c2)cc1.